The number of carbonyl (C=O) groups is 1. The maximum Gasteiger partial charge on any atom is 0.251 e. The maximum atomic E-state index is 13.6. The van der Waals surface area contributed by atoms with Gasteiger partial charge in [-0.05, 0) is 74.2 Å². The fraction of sp³-hybridized carbons (Fsp3) is 0.333. The van der Waals surface area contributed by atoms with Gasteiger partial charge in [0.25, 0.3) is 5.91 Å². The Morgan fingerprint density at radius 1 is 1.04 bits per heavy atom. The molecule has 0 atom stereocenters. The molecule has 0 unspecified atom stereocenters. The number of halogens is 1. The number of aryl methyl sites for hydroxylation is 1. The largest absolute Gasteiger partial charge is 0.351 e. The molecule has 0 saturated heterocycles. The molecule has 7 heteroatoms. The average Bonchev–Trinajstić information content (AvgIpc) is 2.68. The quantitative estimate of drug-likeness (QED) is 0.583. The van der Waals surface area contributed by atoms with Gasteiger partial charge in [0.2, 0.25) is 0 Å². The predicted molar refractivity (Wildman–Crippen MR) is 118 cm³/mol. The van der Waals surface area contributed by atoms with E-state index in [4.69, 9.17) is 12.2 Å². The number of rotatable bonds is 8. The number of anilines is 2. The lowest BCUT2D eigenvalue weighted by molar-refractivity contribution is 0.0949. The third-order valence-electron chi connectivity index (χ3n) is 4.44. The Bertz CT molecular complexity index is 807. The standard InChI is InChI=1S/C21H27FN4OS/c1-4-26(5-2)13-12-23-20(27)16-7-10-17(11-8-16)24-21(28)25-18-9-6-15(3)19(22)14-18/h6-11,14H,4-5,12-13H2,1-3H3,(H,23,27)(H2,24,25,28). The normalized spacial score (nSPS) is 10.6. The van der Waals surface area contributed by atoms with E-state index < -0.39 is 0 Å². The molecule has 0 aliphatic carbocycles. The highest BCUT2D eigenvalue weighted by Gasteiger charge is 2.07. The van der Waals surface area contributed by atoms with Crippen LogP contribution in [0.1, 0.15) is 29.8 Å². The Hall–Kier alpha value is -2.51. The van der Waals surface area contributed by atoms with Gasteiger partial charge in [-0.3, -0.25) is 4.79 Å². The topological polar surface area (TPSA) is 56.4 Å². The number of thiocarbonyl (C=S) groups is 1. The van der Waals surface area contributed by atoms with Gasteiger partial charge in [0.1, 0.15) is 5.82 Å². The first-order valence-electron chi connectivity index (χ1n) is 9.37. The molecule has 0 bridgehead atoms. The van der Waals surface area contributed by atoms with Crippen molar-refractivity contribution in [2.24, 2.45) is 0 Å². The van der Waals surface area contributed by atoms with E-state index in [1.165, 1.54) is 6.07 Å². The molecule has 0 aliphatic rings. The first kappa shape index (κ1) is 21.8. The molecule has 0 radical (unpaired) electrons. The van der Waals surface area contributed by atoms with Gasteiger partial charge in [-0.15, -0.1) is 0 Å². The summed E-state index contributed by atoms with van der Waals surface area (Å²) in [6, 6.07) is 11.9. The molecule has 0 saturated carbocycles. The summed E-state index contributed by atoms with van der Waals surface area (Å²) in [7, 11) is 0. The lowest BCUT2D eigenvalue weighted by Crippen LogP contribution is -2.34. The Kier molecular flexibility index (Phi) is 8.35. The summed E-state index contributed by atoms with van der Waals surface area (Å²) in [6.45, 7) is 9.29. The van der Waals surface area contributed by atoms with Crippen molar-refractivity contribution in [2.45, 2.75) is 20.8 Å². The number of carbonyl (C=O) groups excluding carboxylic acids is 1. The van der Waals surface area contributed by atoms with E-state index in [0.717, 1.165) is 25.3 Å². The van der Waals surface area contributed by atoms with E-state index >= 15 is 0 Å². The number of likely N-dealkylation sites (N-methyl/N-ethyl adjacent to an activating group) is 1. The number of benzene rings is 2. The van der Waals surface area contributed by atoms with Crippen LogP contribution in [0.2, 0.25) is 0 Å². The second kappa shape index (κ2) is 10.7. The van der Waals surface area contributed by atoms with Crippen molar-refractivity contribution in [1.29, 1.82) is 0 Å². The van der Waals surface area contributed by atoms with Crippen LogP contribution in [0.5, 0.6) is 0 Å². The summed E-state index contributed by atoms with van der Waals surface area (Å²) in [4.78, 5) is 14.5. The first-order valence-corrected chi connectivity index (χ1v) is 9.78. The van der Waals surface area contributed by atoms with Crippen molar-refractivity contribution < 1.29 is 9.18 Å². The molecule has 0 aliphatic heterocycles. The lowest BCUT2D eigenvalue weighted by atomic mass is 10.2. The number of nitrogens with zero attached hydrogens (tertiary/aromatic N) is 1. The van der Waals surface area contributed by atoms with Crippen molar-refractivity contribution in [3.05, 3.63) is 59.4 Å². The minimum absolute atomic E-state index is 0.102. The SMILES string of the molecule is CCN(CC)CCNC(=O)c1ccc(NC(=S)Nc2ccc(C)c(F)c2)cc1. The van der Waals surface area contributed by atoms with Crippen molar-refractivity contribution >= 4 is 34.6 Å². The lowest BCUT2D eigenvalue weighted by Gasteiger charge is -2.18. The van der Waals surface area contributed by atoms with Crippen molar-refractivity contribution in [1.82, 2.24) is 10.2 Å². The fourth-order valence-corrected chi connectivity index (χ4v) is 2.87. The predicted octanol–water partition coefficient (Wildman–Crippen LogP) is 4.01. The zero-order valence-corrected chi connectivity index (χ0v) is 17.3. The van der Waals surface area contributed by atoms with Crippen molar-refractivity contribution in [3.63, 3.8) is 0 Å². The minimum Gasteiger partial charge on any atom is -0.351 e. The van der Waals surface area contributed by atoms with Gasteiger partial charge in [-0.25, -0.2) is 4.39 Å². The van der Waals surface area contributed by atoms with E-state index in [2.05, 4.69) is 34.7 Å². The van der Waals surface area contributed by atoms with Gasteiger partial charge in [-0.2, -0.15) is 0 Å². The third-order valence-corrected chi connectivity index (χ3v) is 4.65. The van der Waals surface area contributed by atoms with Crippen LogP contribution in [0.3, 0.4) is 0 Å². The van der Waals surface area contributed by atoms with Crippen LogP contribution in [0.25, 0.3) is 0 Å². The highest BCUT2D eigenvalue weighted by Crippen LogP contribution is 2.15. The van der Waals surface area contributed by atoms with Gasteiger partial charge in [0.05, 0.1) is 0 Å². The molecular formula is C21H27FN4OS. The summed E-state index contributed by atoms with van der Waals surface area (Å²) in [5.74, 6) is -0.390. The molecule has 1 amide bonds. The smallest absolute Gasteiger partial charge is 0.251 e. The number of hydrogen-bond donors (Lipinski definition) is 3. The van der Waals surface area contributed by atoms with Crippen LogP contribution < -0.4 is 16.0 Å². The third kappa shape index (κ3) is 6.58. The number of amides is 1. The monoisotopic (exact) mass is 402 g/mol. The van der Waals surface area contributed by atoms with E-state index in [1.54, 1.807) is 43.3 Å². The zero-order valence-electron chi connectivity index (χ0n) is 16.5. The molecule has 5 nitrogen and oxygen atoms in total. The molecule has 0 spiro atoms. The molecule has 2 aromatic rings. The highest BCUT2D eigenvalue weighted by molar-refractivity contribution is 7.80. The van der Waals surface area contributed by atoms with Gasteiger partial charge in [0.15, 0.2) is 5.11 Å². The second-order valence-electron chi connectivity index (χ2n) is 6.40. The van der Waals surface area contributed by atoms with Crippen LogP contribution in [0, 0.1) is 12.7 Å². The van der Waals surface area contributed by atoms with Crippen LogP contribution in [-0.4, -0.2) is 42.1 Å². The van der Waals surface area contributed by atoms with E-state index in [1.807, 2.05) is 0 Å². The van der Waals surface area contributed by atoms with Crippen molar-refractivity contribution in [2.75, 3.05) is 36.8 Å². The second-order valence-corrected chi connectivity index (χ2v) is 6.81. The first-order chi connectivity index (χ1) is 13.4. The molecule has 0 heterocycles. The molecule has 0 fully saturated rings. The summed E-state index contributed by atoms with van der Waals surface area (Å²) in [5, 5.41) is 9.24. The van der Waals surface area contributed by atoms with Gasteiger partial charge in [0, 0.05) is 30.0 Å². The Labute approximate surface area is 171 Å². The van der Waals surface area contributed by atoms with E-state index in [9.17, 15) is 9.18 Å². The summed E-state index contributed by atoms with van der Waals surface area (Å²) in [5.41, 5.74) is 2.48. The van der Waals surface area contributed by atoms with Crippen LogP contribution in [-0.2, 0) is 0 Å². The van der Waals surface area contributed by atoms with Crippen molar-refractivity contribution in [3.8, 4) is 0 Å². The fourth-order valence-electron chi connectivity index (χ4n) is 2.64. The Morgan fingerprint density at radius 2 is 1.64 bits per heavy atom. The molecule has 28 heavy (non-hydrogen) atoms. The summed E-state index contributed by atoms with van der Waals surface area (Å²) < 4.78 is 13.6. The minimum atomic E-state index is -0.288. The van der Waals surface area contributed by atoms with E-state index in [0.29, 0.717) is 28.5 Å². The van der Waals surface area contributed by atoms with Gasteiger partial charge < -0.3 is 20.9 Å². The Balaban J connectivity index is 1.85. The van der Waals surface area contributed by atoms with Crippen LogP contribution >= 0.6 is 12.2 Å². The molecular weight excluding hydrogens is 375 g/mol. The molecule has 150 valence electrons. The summed E-state index contributed by atoms with van der Waals surface area (Å²) in [6.07, 6.45) is 0. The number of nitrogens with one attached hydrogen (secondary N) is 3. The van der Waals surface area contributed by atoms with Crippen LogP contribution in [0.15, 0.2) is 42.5 Å². The summed E-state index contributed by atoms with van der Waals surface area (Å²) >= 11 is 5.25. The van der Waals surface area contributed by atoms with Crippen LogP contribution in [0.4, 0.5) is 15.8 Å². The molecule has 2 aromatic carbocycles. The number of hydrogen-bond acceptors (Lipinski definition) is 3. The maximum absolute atomic E-state index is 13.6. The van der Waals surface area contributed by atoms with Gasteiger partial charge >= 0.3 is 0 Å². The van der Waals surface area contributed by atoms with E-state index in [-0.39, 0.29) is 11.7 Å². The average molecular weight is 403 g/mol. The Morgan fingerprint density at radius 3 is 2.25 bits per heavy atom. The molecule has 2 rings (SSSR count). The molecule has 0 aromatic heterocycles. The molecule has 3 N–H and O–H groups in total. The zero-order chi connectivity index (χ0) is 20.5. The van der Waals surface area contributed by atoms with Gasteiger partial charge in [-0.1, -0.05) is 19.9 Å². The highest BCUT2D eigenvalue weighted by atomic mass is 32.1.